The molecule has 1 N–H and O–H groups in total. The summed E-state index contributed by atoms with van der Waals surface area (Å²) in [7, 11) is 1.71. The minimum absolute atomic E-state index is 0.0322. The third kappa shape index (κ3) is 2.05. The van der Waals surface area contributed by atoms with Gasteiger partial charge in [0.05, 0.1) is 12.1 Å². The van der Waals surface area contributed by atoms with Crippen LogP contribution in [0.3, 0.4) is 0 Å². The maximum Gasteiger partial charge on any atom is 0.125 e. The van der Waals surface area contributed by atoms with Crippen LogP contribution in [-0.2, 0) is 11.2 Å². The molecule has 1 aromatic rings. The molecule has 0 saturated heterocycles. The maximum atomic E-state index is 13.2. The maximum absolute atomic E-state index is 13.2. The summed E-state index contributed by atoms with van der Waals surface area (Å²) >= 11 is 0. The van der Waals surface area contributed by atoms with E-state index < -0.39 is 0 Å². The first-order valence-electron chi connectivity index (χ1n) is 5.75. The lowest BCUT2D eigenvalue weighted by molar-refractivity contribution is 0.133. The Labute approximate surface area is 95.8 Å². The third-order valence-electron chi connectivity index (χ3n) is 3.44. The predicted octanol–water partition coefficient (Wildman–Crippen LogP) is 2.98. The van der Waals surface area contributed by atoms with Crippen LogP contribution in [0, 0.1) is 5.82 Å². The van der Waals surface area contributed by atoms with Gasteiger partial charge in [0.1, 0.15) is 5.82 Å². The van der Waals surface area contributed by atoms with E-state index in [1.807, 2.05) is 6.07 Å². The zero-order valence-electron chi connectivity index (χ0n) is 9.85. The molecule has 16 heavy (non-hydrogen) atoms. The van der Waals surface area contributed by atoms with Crippen LogP contribution in [0.1, 0.15) is 25.3 Å². The van der Waals surface area contributed by atoms with Crippen molar-refractivity contribution in [2.24, 2.45) is 0 Å². The van der Waals surface area contributed by atoms with Gasteiger partial charge in [-0.1, -0.05) is 13.0 Å². The van der Waals surface area contributed by atoms with Crippen molar-refractivity contribution >= 4 is 5.69 Å². The monoisotopic (exact) mass is 223 g/mol. The van der Waals surface area contributed by atoms with Gasteiger partial charge >= 0.3 is 0 Å². The number of hydrogen-bond acceptors (Lipinski definition) is 2. The van der Waals surface area contributed by atoms with Gasteiger partial charge in [-0.2, -0.15) is 0 Å². The van der Waals surface area contributed by atoms with Gasteiger partial charge in [0.25, 0.3) is 0 Å². The minimum atomic E-state index is -0.185. The first kappa shape index (κ1) is 11.4. The van der Waals surface area contributed by atoms with E-state index in [4.69, 9.17) is 4.74 Å². The molecule has 2 nitrogen and oxygen atoms in total. The van der Waals surface area contributed by atoms with Crippen molar-refractivity contribution in [1.29, 1.82) is 0 Å². The Kier molecular flexibility index (Phi) is 3.15. The highest BCUT2D eigenvalue weighted by Gasteiger charge is 2.32. The Morgan fingerprint density at radius 1 is 1.50 bits per heavy atom. The SMILES string of the molecule is CCC1(COC)CCc2ccc(F)cc2N1. The quantitative estimate of drug-likeness (QED) is 0.850. The van der Waals surface area contributed by atoms with Crippen LogP contribution >= 0.6 is 0 Å². The highest BCUT2D eigenvalue weighted by atomic mass is 19.1. The molecule has 1 atom stereocenters. The van der Waals surface area contributed by atoms with Crippen LogP contribution in [-0.4, -0.2) is 19.3 Å². The topological polar surface area (TPSA) is 21.3 Å². The average molecular weight is 223 g/mol. The Morgan fingerprint density at radius 3 is 3.00 bits per heavy atom. The fourth-order valence-corrected chi connectivity index (χ4v) is 2.36. The van der Waals surface area contributed by atoms with Gasteiger partial charge in [-0.15, -0.1) is 0 Å². The van der Waals surface area contributed by atoms with Crippen LogP contribution in [0.2, 0.25) is 0 Å². The summed E-state index contributed by atoms with van der Waals surface area (Å²) < 4.78 is 18.4. The summed E-state index contributed by atoms with van der Waals surface area (Å²) in [6.45, 7) is 2.80. The molecule has 3 heteroatoms. The average Bonchev–Trinajstić information content (AvgIpc) is 2.29. The molecule has 1 heterocycles. The second-order valence-corrected chi connectivity index (χ2v) is 4.49. The summed E-state index contributed by atoms with van der Waals surface area (Å²) in [5, 5.41) is 3.44. The number of fused-ring (bicyclic) bond motifs is 1. The first-order valence-corrected chi connectivity index (χ1v) is 5.75. The fraction of sp³-hybridized carbons (Fsp3) is 0.538. The van der Waals surface area contributed by atoms with E-state index in [2.05, 4.69) is 12.2 Å². The molecule has 2 rings (SSSR count). The predicted molar refractivity (Wildman–Crippen MR) is 63.2 cm³/mol. The van der Waals surface area contributed by atoms with Crippen LogP contribution in [0.4, 0.5) is 10.1 Å². The molecule has 0 saturated carbocycles. The van der Waals surface area contributed by atoms with Crippen LogP contribution in [0.15, 0.2) is 18.2 Å². The normalized spacial score (nSPS) is 23.7. The molecule has 0 fully saturated rings. The Bertz CT molecular complexity index is 380. The number of halogens is 1. The molecule has 0 amide bonds. The molecule has 1 unspecified atom stereocenters. The van der Waals surface area contributed by atoms with Crippen LogP contribution < -0.4 is 5.32 Å². The smallest absolute Gasteiger partial charge is 0.125 e. The zero-order chi connectivity index (χ0) is 11.6. The molecule has 1 aromatic carbocycles. The second kappa shape index (κ2) is 4.42. The van der Waals surface area contributed by atoms with Gasteiger partial charge in [-0.05, 0) is 37.0 Å². The largest absolute Gasteiger partial charge is 0.382 e. The van der Waals surface area contributed by atoms with Crippen molar-refractivity contribution in [3.8, 4) is 0 Å². The molecule has 0 aliphatic carbocycles. The van der Waals surface area contributed by atoms with E-state index >= 15 is 0 Å². The van der Waals surface area contributed by atoms with E-state index in [-0.39, 0.29) is 11.4 Å². The number of aryl methyl sites for hydroxylation is 1. The first-order chi connectivity index (χ1) is 7.69. The molecule has 0 aromatic heterocycles. The number of hydrogen-bond donors (Lipinski definition) is 1. The summed E-state index contributed by atoms with van der Waals surface area (Å²) in [6, 6.07) is 4.97. The third-order valence-corrected chi connectivity index (χ3v) is 3.44. The molecule has 1 aliphatic heterocycles. The fourth-order valence-electron chi connectivity index (χ4n) is 2.36. The molecular formula is C13H18FNO. The summed E-state index contributed by atoms with van der Waals surface area (Å²) in [5.74, 6) is -0.185. The summed E-state index contributed by atoms with van der Waals surface area (Å²) in [5.41, 5.74) is 2.09. The Balaban J connectivity index is 2.27. The van der Waals surface area contributed by atoms with Crippen LogP contribution in [0.5, 0.6) is 0 Å². The van der Waals surface area contributed by atoms with Gasteiger partial charge in [-0.3, -0.25) is 0 Å². The molecule has 0 radical (unpaired) electrons. The number of benzene rings is 1. The Morgan fingerprint density at radius 2 is 2.31 bits per heavy atom. The van der Waals surface area contributed by atoms with Crippen molar-refractivity contribution in [3.05, 3.63) is 29.6 Å². The summed E-state index contributed by atoms with van der Waals surface area (Å²) in [4.78, 5) is 0. The van der Waals surface area contributed by atoms with Crippen molar-refractivity contribution in [3.63, 3.8) is 0 Å². The number of methoxy groups -OCH3 is 1. The minimum Gasteiger partial charge on any atom is -0.382 e. The van der Waals surface area contributed by atoms with E-state index in [9.17, 15) is 4.39 Å². The van der Waals surface area contributed by atoms with Gasteiger partial charge in [-0.25, -0.2) is 4.39 Å². The number of rotatable bonds is 3. The Hall–Kier alpha value is -1.09. The lowest BCUT2D eigenvalue weighted by Crippen LogP contribution is -2.45. The van der Waals surface area contributed by atoms with Gasteiger partial charge in [0.2, 0.25) is 0 Å². The van der Waals surface area contributed by atoms with Crippen molar-refractivity contribution in [1.82, 2.24) is 0 Å². The van der Waals surface area contributed by atoms with Gasteiger partial charge < -0.3 is 10.1 Å². The zero-order valence-corrected chi connectivity index (χ0v) is 9.85. The molecule has 88 valence electrons. The molecular weight excluding hydrogens is 205 g/mol. The van der Waals surface area contributed by atoms with Gasteiger partial charge in [0.15, 0.2) is 0 Å². The molecule has 0 spiro atoms. The number of nitrogens with one attached hydrogen (secondary N) is 1. The van der Waals surface area contributed by atoms with E-state index in [1.165, 1.54) is 11.6 Å². The van der Waals surface area contributed by atoms with Crippen molar-refractivity contribution < 1.29 is 9.13 Å². The highest BCUT2D eigenvalue weighted by molar-refractivity contribution is 5.55. The van der Waals surface area contributed by atoms with Crippen molar-refractivity contribution in [2.75, 3.05) is 19.0 Å². The van der Waals surface area contributed by atoms with E-state index in [1.54, 1.807) is 13.2 Å². The lowest BCUT2D eigenvalue weighted by Gasteiger charge is -2.39. The number of ether oxygens (including phenoxy) is 1. The number of anilines is 1. The highest BCUT2D eigenvalue weighted by Crippen LogP contribution is 2.33. The lowest BCUT2D eigenvalue weighted by atomic mass is 9.85. The standard InChI is InChI=1S/C13H18FNO/c1-3-13(9-16-2)7-6-10-4-5-11(14)8-12(10)15-13/h4-5,8,15H,3,6-7,9H2,1-2H3. The van der Waals surface area contributed by atoms with E-state index in [0.717, 1.165) is 24.9 Å². The summed E-state index contributed by atoms with van der Waals surface area (Å²) in [6.07, 6.45) is 3.01. The molecule has 1 aliphatic rings. The van der Waals surface area contributed by atoms with Crippen LogP contribution in [0.25, 0.3) is 0 Å². The molecule has 0 bridgehead atoms. The van der Waals surface area contributed by atoms with Gasteiger partial charge in [0, 0.05) is 12.8 Å². The van der Waals surface area contributed by atoms with E-state index in [0.29, 0.717) is 6.61 Å². The van der Waals surface area contributed by atoms with Crippen molar-refractivity contribution in [2.45, 2.75) is 31.7 Å². The second-order valence-electron chi connectivity index (χ2n) is 4.49.